The Labute approximate surface area is 177 Å². The molecule has 1 amide bonds. The molecular formula is C23H31NO6. The Balaban J connectivity index is 1.88. The minimum atomic E-state index is -0.968. The lowest BCUT2D eigenvalue weighted by Gasteiger charge is -2.39. The highest BCUT2D eigenvalue weighted by Crippen LogP contribution is 2.43. The number of phenols is 1. The van der Waals surface area contributed by atoms with Crippen LogP contribution in [-0.4, -0.2) is 53.5 Å². The van der Waals surface area contributed by atoms with E-state index >= 15 is 0 Å². The summed E-state index contributed by atoms with van der Waals surface area (Å²) in [5.41, 5.74) is 0.0939. The molecule has 7 heteroatoms. The molecule has 2 heterocycles. The van der Waals surface area contributed by atoms with Gasteiger partial charge in [-0.25, -0.2) is 0 Å². The molecule has 0 radical (unpaired) electrons. The number of esters is 1. The number of carbonyl (C=O) groups excluding carboxylic acids is 3. The zero-order valence-corrected chi connectivity index (χ0v) is 17.9. The third kappa shape index (κ3) is 4.77. The normalized spacial score (nSPS) is 20.6. The molecule has 2 aliphatic rings. The monoisotopic (exact) mass is 417 g/mol. The zero-order valence-electron chi connectivity index (χ0n) is 17.9. The number of fused-ring (bicyclic) bond motifs is 1. The predicted molar refractivity (Wildman–Crippen MR) is 111 cm³/mol. The van der Waals surface area contributed by atoms with Crippen LogP contribution < -0.4 is 4.74 Å². The van der Waals surface area contributed by atoms with Crippen LogP contribution in [0.5, 0.6) is 11.5 Å². The van der Waals surface area contributed by atoms with Crippen molar-refractivity contribution < 1.29 is 29.0 Å². The molecule has 7 nitrogen and oxygen atoms in total. The molecule has 0 saturated carbocycles. The van der Waals surface area contributed by atoms with Gasteiger partial charge in [0, 0.05) is 31.5 Å². The maximum Gasteiger partial charge on any atom is 0.305 e. The van der Waals surface area contributed by atoms with Crippen molar-refractivity contribution in [1.82, 2.24) is 4.90 Å². The molecule has 1 saturated heterocycles. The number of hydrogen-bond donors (Lipinski definition) is 1. The maximum atomic E-state index is 13.0. The van der Waals surface area contributed by atoms with E-state index < -0.39 is 5.60 Å². The number of likely N-dealkylation sites (tertiary alicyclic amines) is 1. The molecule has 0 spiro atoms. The van der Waals surface area contributed by atoms with Crippen LogP contribution in [0.4, 0.5) is 0 Å². The van der Waals surface area contributed by atoms with Gasteiger partial charge in [-0.1, -0.05) is 13.3 Å². The van der Waals surface area contributed by atoms with Crippen molar-refractivity contribution in [1.29, 1.82) is 0 Å². The standard InChI is InChI=1S/C23H31NO6/c1-3-6-16-18(25)8-7-17-19(26)15-23(30-22(16)17,12-10-21(28)29-2)11-9-20(27)24-13-4-5-14-24/h7-8,25H,3-6,9-15H2,1-2H3. The van der Waals surface area contributed by atoms with Gasteiger partial charge in [0.25, 0.3) is 0 Å². The molecule has 1 N–H and O–H groups in total. The number of rotatable bonds is 8. The molecule has 0 aromatic heterocycles. The fourth-order valence-electron chi connectivity index (χ4n) is 4.38. The van der Waals surface area contributed by atoms with Crippen LogP contribution in [0.2, 0.25) is 0 Å². The number of ketones is 1. The van der Waals surface area contributed by atoms with Gasteiger partial charge in [0.2, 0.25) is 5.91 Å². The fourth-order valence-corrected chi connectivity index (χ4v) is 4.38. The first-order chi connectivity index (χ1) is 14.4. The number of phenolic OH excluding ortho intramolecular Hbond substituents is 1. The minimum Gasteiger partial charge on any atom is -0.508 e. The second-order valence-electron chi connectivity index (χ2n) is 8.24. The lowest BCUT2D eigenvalue weighted by atomic mass is 9.81. The van der Waals surface area contributed by atoms with E-state index in [1.807, 2.05) is 11.8 Å². The van der Waals surface area contributed by atoms with Crippen molar-refractivity contribution in [2.75, 3.05) is 20.2 Å². The average Bonchev–Trinajstić information content (AvgIpc) is 3.27. The Bertz CT molecular complexity index is 814. The van der Waals surface area contributed by atoms with E-state index in [1.54, 1.807) is 6.07 Å². The summed E-state index contributed by atoms with van der Waals surface area (Å²) in [7, 11) is 1.32. The number of Topliss-reactive ketones (excluding diaryl/α,β-unsaturated/α-hetero) is 1. The Morgan fingerprint density at radius 2 is 1.90 bits per heavy atom. The van der Waals surface area contributed by atoms with Gasteiger partial charge in [-0.05, 0) is 44.2 Å². The highest BCUT2D eigenvalue weighted by molar-refractivity contribution is 6.01. The van der Waals surface area contributed by atoms with Crippen LogP contribution in [0, 0.1) is 0 Å². The Hall–Kier alpha value is -2.57. The van der Waals surface area contributed by atoms with Crippen molar-refractivity contribution in [2.24, 2.45) is 0 Å². The summed E-state index contributed by atoms with van der Waals surface area (Å²) in [6.07, 6.45) is 4.45. The van der Waals surface area contributed by atoms with Gasteiger partial charge >= 0.3 is 5.97 Å². The topological polar surface area (TPSA) is 93.1 Å². The molecule has 164 valence electrons. The molecule has 2 aliphatic heterocycles. The van der Waals surface area contributed by atoms with Crippen LogP contribution in [0.1, 0.15) is 74.2 Å². The van der Waals surface area contributed by atoms with E-state index in [9.17, 15) is 19.5 Å². The smallest absolute Gasteiger partial charge is 0.305 e. The minimum absolute atomic E-state index is 0.0523. The van der Waals surface area contributed by atoms with Crippen LogP contribution in [0.25, 0.3) is 0 Å². The third-order valence-corrected chi connectivity index (χ3v) is 6.10. The predicted octanol–water partition coefficient (Wildman–Crippen LogP) is 3.40. The number of amides is 1. The van der Waals surface area contributed by atoms with Gasteiger partial charge in [-0.15, -0.1) is 0 Å². The number of nitrogens with zero attached hydrogens (tertiary/aromatic N) is 1. The molecule has 1 aromatic rings. The van der Waals surface area contributed by atoms with Gasteiger partial charge in [-0.3, -0.25) is 14.4 Å². The van der Waals surface area contributed by atoms with E-state index in [-0.39, 0.29) is 49.1 Å². The fraction of sp³-hybridized carbons (Fsp3) is 0.609. The van der Waals surface area contributed by atoms with Crippen molar-refractivity contribution in [2.45, 2.75) is 70.3 Å². The summed E-state index contributed by atoms with van der Waals surface area (Å²) in [6, 6.07) is 3.12. The van der Waals surface area contributed by atoms with Crippen LogP contribution >= 0.6 is 0 Å². The molecule has 1 atom stereocenters. The van der Waals surface area contributed by atoms with E-state index in [2.05, 4.69) is 0 Å². The number of carbonyl (C=O) groups is 3. The SMILES string of the molecule is CCCc1c(O)ccc2c1OC(CCC(=O)OC)(CCC(=O)N1CCCC1)CC2=O. The first-order valence-corrected chi connectivity index (χ1v) is 10.8. The van der Waals surface area contributed by atoms with Crippen molar-refractivity contribution in [3.05, 3.63) is 23.3 Å². The second kappa shape index (κ2) is 9.49. The average molecular weight is 418 g/mol. The summed E-state index contributed by atoms with van der Waals surface area (Å²) in [5.74, 6) is 0.0715. The quantitative estimate of drug-likeness (QED) is 0.652. The van der Waals surface area contributed by atoms with Gasteiger partial charge in [-0.2, -0.15) is 0 Å². The van der Waals surface area contributed by atoms with Crippen LogP contribution in [0.15, 0.2) is 12.1 Å². The summed E-state index contributed by atoms with van der Waals surface area (Å²) >= 11 is 0. The van der Waals surface area contributed by atoms with E-state index in [4.69, 9.17) is 9.47 Å². The molecule has 1 aromatic carbocycles. The first-order valence-electron chi connectivity index (χ1n) is 10.8. The van der Waals surface area contributed by atoms with E-state index in [0.29, 0.717) is 29.7 Å². The maximum absolute atomic E-state index is 13.0. The van der Waals surface area contributed by atoms with Gasteiger partial charge in [0.05, 0.1) is 19.1 Å². The van der Waals surface area contributed by atoms with Gasteiger partial charge in [0.1, 0.15) is 17.1 Å². The molecular weight excluding hydrogens is 386 g/mol. The summed E-state index contributed by atoms with van der Waals surface area (Å²) < 4.78 is 11.2. The van der Waals surface area contributed by atoms with Crippen LogP contribution in [-0.2, 0) is 20.7 Å². The molecule has 1 fully saturated rings. The lowest BCUT2D eigenvalue weighted by molar-refractivity contribution is -0.142. The van der Waals surface area contributed by atoms with Gasteiger partial charge in [0.15, 0.2) is 5.78 Å². The first kappa shape index (κ1) is 22.1. The Kier molecular flexibility index (Phi) is 7.00. The van der Waals surface area contributed by atoms with Crippen molar-refractivity contribution >= 4 is 17.7 Å². The molecule has 0 bridgehead atoms. The molecule has 30 heavy (non-hydrogen) atoms. The van der Waals surface area contributed by atoms with Gasteiger partial charge < -0.3 is 19.5 Å². The second-order valence-corrected chi connectivity index (χ2v) is 8.24. The molecule has 1 unspecified atom stereocenters. The summed E-state index contributed by atoms with van der Waals surface area (Å²) in [5, 5.41) is 10.3. The lowest BCUT2D eigenvalue weighted by Crippen LogP contribution is -2.44. The van der Waals surface area contributed by atoms with E-state index in [1.165, 1.54) is 13.2 Å². The zero-order chi connectivity index (χ0) is 21.7. The highest BCUT2D eigenvalue weighted by Gasteiger charge is 2.42. The van der Waals surface area contributed by atoms with Crippen LogP contribution in [0.3, 0.4) is 0 Å². The number of hydrogen-bond acceptors (Lipinski definition) is 6. The summed E-state index contributed by atoms with van der Waals surface area (Å²) in [4.78, 5) is 39.3. The van der Waals surface area contributed by atoms with Crippen molar-refractivity contribution in [3.63, 3.8) is 0 Å². The van der Waals surface area contributed by atoms with Crippen molar-refractivity contribution in [3.8, 4) is 11.5 Å². The summed E-state index contributed by atoms with van der Waals surface area (Å²) in [6.45, 7) is 3.53. The molecule has 3 rings (SSSR count). The highest BCUT2D eigenvalue weighted by atomic mass is 16.5. The Morgan fingerprint density at radius 3 is 2.57 bits per heavy atom. The number of aromatic hydroxyl groups is 1. The largest absolute Gasteiger partial charge is 0.508 e. The van der Waals surface area contributed by atoms with E-state index in [0.717, 1.165) is 32.4 Å². The Morgan fingerprint density at radius 1 is 1.20 bits per heavy atom. The molecule has 0 aliphatic carbocycles. The third-order valence-electron chi connectivity index (χ3n) is 6.10. The number of benzene rings is 1. The number of methoxy groups -OCH3 is 1. The number of ether oxygens (including phenoxy) is 2.